The van der Waals surface area contributed by atoms with Crippen molar-refractivity contribution in [2.24, 2.45) is 0 Å². The van der Waals surface area contributed by atoms with Gasteiger partial charge in [-0.25, -0.2) is 4.79 Å². The molecule has 0 heterocycles. The molecule has 0 spiro atoms. The Morgan fingerprint density at radius 2 is 1.69 bits per heavy atom. The van der Waals surface area contributed by atoms with Crippen LogP contribution >= 0.6 is 11.6 Å². The molecule has 0 saturated carbocycles. The van der Waals surface area contributed by atoms with Crippen LogP contribution in [0.1, 0.15) is 28.8 Å². The third kappa shape index (κ3) is 8.33. The summed E-state index contributed by atoms with van der Waals surface area (Å²) in [6, 6.07) is 14.2. The van der Waals surface area contributed by atoms with Crippen molar-refractivity contribution in [1.29, 1.82) is 0 Å². The summed E-state index contributed by atoms with van der Waals surface area (Å²) in [6.07, 6.45) is 2.76. The van der Waals surface area contributed by atoms with Crippen LogP contribution in [0.5, 0.6) is 0 Å². The van der Waals surface area contributed by atoms with Crippen molar-refractivity contribution in [3.63, 3.8) is 0 Å². The number of hydrogen-bond donors (Lipinski definition) is 3. The van der Waals surface area contributed by atoms with Gasteiger partial charge in [-0.2, -0.15) is 0 Å². The molecule has 0 bridgehead atoms. The quantitative estimate of drug-likeness (QED) is 0.486. The van der Waals surface area contributed by atoms with Gasteiger partial charge in [-0.05, 0) is 43.0 Å². The number of ether oxygens (including phenoxy) is 1. The second kappa shape index (κ2) is 11.8. The summed E-state index contributed by atoms with van der Waals surface area (Å²) in [5, 5.41) is 14.6. The van der Waals surface area contributed by atoms with E-state index in [0.29, 0.717) is 6.54 Å². The zero-order valence-corrected chi connectivity index (χ0v) is 16.6. The number of hydrogen-bond acceptors (Lipinski definition) is 4. The molecule has 7 nitrogen and oxygen atoms in total. The van der Waals surface area contributed by atoms with E-state index in [2.05, 4.69) is 22.8 Å². The number of aryl methyl sites for hydroxylation is 1. The number of carbonyl (C=O) groups excluding carboxylic acids is 2. The number of unbranched alkanes of at least 4 members (excludes halogenated alkanes) is 1. The van der Waals surface area contributed by atoms with Crippen LogP contribution in [0, 0.1) is 0 Å². The van der Waals surface area contributed by atoms with Crippen LogP contribution in [-0.4, -0.2) is 42.6 Å². The Morgan fingerprint density at radius 3 is 2.41 bits per heavy atom. The van der Waals surface area contributed by atoms with Gasteiger partial charge < -0.3 is 20.5 Å². The van der Waals surface area contributed by atoms with Crippen LogP contribution in [0.25, 0.3) is 0 Å². The zero-order chi connectivity index (χ0) is 21.1. The van der Waals surface area contributed by atoms with Crippen LogP contribution in [-0.2, 0) is 20.7 Å². The van der Waals surface area contributed by atoms with Gasteiger partial charge in [0.2, 0.25) is 11.8 Å². The van der Waals surface area contributed by atoms with E-state index in [1.807, 2.05) is 18.2 Å². The molecule has 0 radical (unpaired) electrons. The van der Waals surface area contributed by atoms with Crippen LogP contribution in [0.15, 0.2) is 48.5 Å². The predicted octanol–water partition coefficient (Wildman–Crippen LogP) is 3.13. The lowest BCUT2D eigenvalue weighted by Crippen LogP contribution is -2.30. The Morgan fingerprint density at radius 1 is 0.966 bits per heavy atom. The van der Waals surface area contributed by atoms with Gasteiger partial charge in [0.25, 0.3) is 0 Å². The molecule has 8 heteroatoms. The minimum atomic E-state index is -1.21. The van der Waals surface area contributed by atoms with E-state index in [4.69, 9.17) is 21.4 Å². The lowest BCUT2D eigenvalue weighted by Gasteiger charge is -2.09. The van der Waals surface area contributed by atoms with E-state index in [-0.39, 0.29) is 35.4 Å². The number of rotatable bonds is 11. The molecule has 0 unspecified atom stereocenters. The Hall–Kier alpha value is -2.90. The molecule has 2 amide bonds. The fraction of sp³-hybridized carbons (Fsp3) is 0.286. The Labute approximate surface area is 174 Å². The number of carbonyl (C=O) groups is 3. The lowest BCUT2D eigenvalue weighted by atomic mass is 10.1. The smallest absolute Gasteiger partial charge is 0.337 e. The van der Waals surface area contributed by atoms with Crippen molar-refractivity contribution in [2.75, 3.05) is 25.1 Å². The molecule has 0 aliphatic carbocycles. The maximum atomic E-state index is 11.9. The van der Waals surface area contributed by atoms with Gasteiger partial charge >= 0.3 is 5.97 Å². The van der Waals surface area contributed by atoms with Gasteiger partial charge in [0.1, 0.15) is 13.2 Å². The van der Waals surface area contributed by atoms with Gasteiger partial charge in [-0.15, -0.1) is 0 Å². The third-order valence-corrected chi connectivity index (χ3v) is 4.24. The van der Waals surface area contributed by atoms with E-state index in [0.717, 1.165) is 19.3 Å². The van der Waals surface area contributed by atoms with Gasteiger partial charge in [0.05, 0.1) is 11.3 Å². The number of anilines is 1. The van der Waals surface area contributed by atoms with Crippen LogP contribution in [0.3, 0.4) is 0 Å². The molecular formula is C21H23ClN2O5. The van der Waals surface area contributed by atoms with Crippen molar-refractivity contribution in [1.82, 2.24) is 5.32 Å². The molecule has 0 saturated heterocycles. The molecule has 3 N–H and O–H groups in total. The summed E-state index contributed by atoms with van der Waals surface area (Å²) in [5.74, 6) is -2.09. The summed E-state index contributed by atoms with van der Waals surface area (Å²) < 4.78 is 5.08. The highest BCUT2D eigenvalue weighted by Gasteiger charge is 2.13. The minimum absolute atomic E-state index is 0.110. The number of halogens is 1. The molecule has 29 heavy (non-hydrogen) atoms. The predicted molar refractivity (Wildman–Crippen MR) is 110 cm³/mol. The molecular weight excluding hydrogens is 396 g/mol. The monoisotopic (exact) mass is 418 g/mol. The number of amides is 2. The lowest BCUT2D eigenvalue weighted by molar-refractivity contribution is -0.128. The van der Waals surface area contributed by atoms with Crippen molar-refractivity contribution in [3.05, 3.63) is 64.7 Å². The van der Waals surface area contributed by atoms with Crippen molar-refractivity contribution < 1.29 is 24.2 Å². The molecule has 2 aromatic rings. The van der Waals surface area contributed by atoms with Gasteiger partial charge in [-0.1, -0.05) is 41.9 Å². The topological polar surface area (TPSA) is 105 Å². The first-order chi connectivity index (χ1) is 14.0. The number of carboxylic acids is 1. The highest BCUT2D eigenvalue weighted by molar-refractivity contribution is 6.31. The summed E-state index contributed by atoms with van der Waals surface area (Å²) in [6.45, 7) is -0.0877. The first-order valence-corrected chi connectivity index (χ1v) is 9.54. The SMILES string of the molecule is O=C(COCC(=O)Nc1ccc(Cl)cc1C(=O)O)NCCCCc1ccccc1. The van der Waals surface area contributed by atoms with Crippen molar-refractivity contribution in [3.8, 4) is 0 Å². The molecule has 0 fully saturated rings. The third-order valence-electron chi connectivity index (χ3n) is 4.01. The van der Waals surface area contributed by atoms with E-state index < -0.39 is 11.9 Å². The van der Waals surface area contributed by atoms with Crippen LogP contribution in [0.2, 0.25) is 5.02 Å². The largest absolute Gasteiger partial charge is 0.478 e. The van der Waals surface area contributed by atoms with Gasteiger partial charge in [-0.3, -0.25) is 9.59 Å². The van der Waals surface area contributed by atoms with E-state index in [1.54, 1.807) is 0 Å². The average Bonchev–Trinajstić information content (AvgIpc) is 2.69. The number of carboxylic acid groups (broad SMARTS) is 1. The highest BCUT2D eigenvalue weighted by Crippen LogP contribution is 2.20. The zero-order valence-electron chi connectivity index (χ0n) is 15.8. The Balaban J connectivity index is 1.61. The Bertz CT molecular complexity index is 842. The summed E-state index contributed by atoms with van der Waals surface area (Å²) in [7, 11) is 0. The number of nitrogens with one attached hydrogen (secondary N) is 2. The number of benzene rings is 2. The molecule has 0 atom stereocenters. The summed E-state index contributed by atoms with van der Waals surface area (Å²) in [5.41, 5.74) is 1.25. The standard InChI is InChI=1S/C21H23ClN2O5/c22-16-9-10-18(17(12-16)21(27)28)24-20(26)14-29-13-19(25)23-11-5-4-8-15-6-2-1-3-7-15/h1-3,6-7,9-10,12H,4-5,8,11,13-14H2,(H,23,25)(H,24,26)(H,27,28). The minimum Gasteiger partial charge on any atom is -0.478 e. The second-order valence-electron chi connectivity index (χ2n) is 6.33. The first-order valence-electron chi connectivity index (χ1n) is 9.17. The van der Waals surface area contributed by atoms with Gasteiger partial charge in [0.15, 0.2) is 0 Å². The maximum absolute atomic E-state index is 11.9. The van der Waals surface area contributed by atoms with Gasteiger partial charge in [0, 0.05) is 11.6 Å². The summed E-state index contributed by atoms with van der Waals surface area (Å²) >= 11 is 5.76. The molecule has 154 valence electrons. The van der Waals surface area contributed by atoms with Crippen LogP contribution < -0.4 is 10.6 Å². The fourth-order valence-electron chi connectivity index (χ4n) is 2.60. The molecule has 0 aliphatic heterocycles. The van der Waals surface area contributed by atoms with E-state index in [9.17, 15) is 14.4 Å². The number of aromatic carboxylic acids is 1. The first kappa shape index (κ1) is 22.4. The molecule has 2 aromatic carbocycles. The van der Waals surface area contributed by atoms with Crippen molar-refractivity contribution >= 4 is 35.1 Å². The highest BCUT2D eigenvalue weighted by atomic mass is 35.5. The normalized spacial score (nSPS) is 10.4. The van der Waals surface area contributed by atoms with E-state index in [1.165, 1.54) is 23.8 Å². The summed E-state index contributed by atoms with van der Waals surface area (Å²) in [4.78, 5) is 34.8. The molecule has 0 aromatic heterocycles. The average molecular weight is 419 g/mol. The fourth-order valence-corrected chi connectivity index (χ4v) is 2.77. The van der Waals surface area contributed by atoms with Crippen LogP contribution in [0.4, 0.5) is 5.69 Å². The molecule has 0 aliphatic rings. The Kier molecular flexibility index (Phi) is 9.14. The van der Waals surface area contributed by atoms with E-state index >= 15 is 0 Å². The maximum Gasteiger partial charge on any atom is 0.337 e. The molecule has 2 rings (SSSR count). The second-order valence-corrected chi connectivity index (χ2v) is 6.77. The van der Waals surface area contributed by atoms with Crippen molar-refractivity contribution in [2.45, 2.75) is 19.3 Å².